The summed E-state index contributed by atoms with van der Waals surface area (Å²) in [5.74, 6) is -1.27. The number of hydrogen-bond donors (Lipinski definition) is 2. The molecule has 0 spiro atoms. The third-order valence-corrected chi connectivity index (χ3v) is 6.45. The number of carbonyl (C=O) groups excluding carboxylic acids is 1. The number of halogens is 2. The lowest BCUT2D eigenvalue weighted by Gasteiger charge is -2.44. The molecule has 0 aliphatic carbocycles. The number of cyclic esters (lactones) is 1. The Morgan fingerprint density at radius 3 is 2.38 bits per heavy atom. The second-order valence-electron chi connectivity index (χ2n) is 8.63. The molecule has 2 N–H and O–H groups in total. The lowest BCUT2D eigenvalue weighted by Crippen LogP contribution is -2.50. The molecule has 3 aromatic rings. The van der Waals surface area contributed by atoms with E-state index in [1.54, 1.807) is 17.0 Å². The van der Waals surface area contributed by atoms with Gasteiger partial charge in [0.25, 0.3) is 0 Å². The van der Waals surface area contributed by atoms with E-state index >= 15 is 0 Å². The maximum atomic E-state index is 14.1. The number of aliphatic hydroxyl groups excluding tert-OH is 2. The van der Waals surface area contributed by atoms with E-state index in [1.165, 1.54) is 12.1 Å². The number of hydrogen-bond acceptors (Lipinski definition) is 4. The van der Waals surface area contributed by atoms with Crippen molar-refractivity contribution in [3.05, 3.63) is 95.6 Å². The minimum atomic E-state index is -1.03. The number of benzene rings is 3. The fourth-order valence-electron chi connectivity index (χ4n) is 4.52. The first-order valence-electron chi connectivity index (χ1n) is 11.2. The normalized spacial score (nSPS) is 20.0. The van der Waals surface area contributed by atoms with Gasteiger partial charge in [0.1, 0.15) is 17.2 Å². The highest BCUT2D eigenvalue weighted by molar-refractivity contribution is 5.70. The molecule has 0 bridgehead atoms. The van der Waals surface area contributed by atoms with Crippen molar-refractivity contribution in [1.82, 2.24) is 4.90 Å². The lowest BCUT2D eigenvalue weighted by molar-refractivity contribution is -0.0892. The van der Waals surface area contributed by atoms with E-state index in [2.05, 4.69) is 0 Å². The molecular formula is C27H27F2NO4. The van der Waals surface area contributed by atoms with Crippen molar-refractivity contribution < 1.29 is 28.5 Å². The van der Waals surface area contributed by atoms with Gasteiger partial charge in [0.2, 0.25) is 0 Å². The Labute approximate surface area is 197 Å². The smallest absolute Gasteiger partial charge is 0.411 e. The number of ether oxygens (including phenoxy) is 1. The van der Waals surface area contributed by atoms with Gasteiger partial charge in [0, 0.05) is 31.0 Å². The molecule has 1 saturated heterocycles. The highest BCUT2D eigenvalue weighted by Gasteiger charge is 2.44. The van der Waals surface area contributed by atoms with Crippen molar-refractivity contribution in [2.24, 2.45) is 0 Å². The topological polar surface area (TPSA) is 70.0 Å². The number of rotatable bonds is 7. The molecule has 1 amide bonds. The molecule has 5 nitrogen and oxygen atoms in total. The second-order valence-corrected chi connectivity index (χ2v) is 8.63. The summed E-state index contributed by atoms with van der Waals surface area (Å²) in [7, 11) is 0. The maximum Gasteiger partial charge on any atom is 0.411 e. The Morgan fingerprint density at radius 2 is 1.76 bits per heavy atom. The van der Waals surface area contributed by atoms with Crippen molar-refractivity contribution in [1.29, 1.82) is 0 Å². The Bertz CT molecular complexity index is 1140. The molecule has 1 unspecified atom stereocenters. The molecule has 1 aliphatic rings. The summed E-state index contributed by atoms with van der Waals surface area (Å²) in [6.07, 6.45) is -0.986. The van der Waals surface area contributed by atoms with Gasteiger partial charge < -0.3 is 19.8 Å². The van der Waals surface area contributed by atoms with Gasteiger partial charge in [-0.3, -0.25) is 0 Å². The Balaban J connectivity index is 1.53. The van der Waals surface area contributed by atoms with Gasteiger partial charge in [0.15, 0.2) is 0 Å². The summed E-state index contributed by atoms with van der Waals surface area (Å²) < 4.78 is 33.3. The largest absolute Gasteiger partial charge is 0.438 e. The van der Waals surface area contributed by atoms with E-state index < -0.39 is 36.0 Å². The minimum Gasteiger partial charge on any atom is -0.438 e. The molecule has 1 fully saturated rings. The molecule has 0 radical (unpaired) electrons. The van der Waals surface area contributed by atoms with Gasteiger partial charge in [-0.2, -0.15) is 0 Å². The zero-order valence-corrected chi connectivity index (χ0v) is 18.8. The number of aliphatic hydroxyl groups is 2. The predicted octanol–water partition coefficient (Wildman–Crippen LogP) is 5.17. The Hall–Kier alpha value is -3.29. The average molecular weight is 468 g/mol. The lowest BCUT2D eigenvalue weighted by atomic mass is 9.83. The van der Waals surface area contributed by atoms with Crippen molar-refractivity contribution in [3.63, 3.8) is 0 Å². The van der Waals surface area contributed by atoms with Crippen LogP contribution >= 0.6 is 0 Å². The van der Waals surface area contributed by atoms with Crippen LogP contribution < -0.4 is 0 Å². The van der Waals surface area contributed by atoms with Gasteiger partial charge >= 0.3 is 6.09 Å². The van der Waals surface area contributed by atoms with Crippen LogP contribution in [0.2, 0.25) is 0 Å². The third-order valence-electron chi connectivity index (χ3n) is 6.45. The highest BCUT2D eigenvalue weighted by atomic mass is 19.1. The van der Waals surface area contributed by atoms with Gasteiger partial charge in [-0.25, -0.2) is 13.6 Å². The van der Waals surface area contributed by atoms with Crippen LogP contribution in [0.4, 0.5) is 13.6 Å². The van der Waals surface area contributed by atoms with E-state index in [0.29, 0.717) is 24.1 Å². The Kier molecular flexibility index (Phi) is 6.95. The van der Waals surface area contributed by atoms with Gasteiger partial charge in [-0.1, -0.05) is 54.6 Å². The van der Waals surface area contributed by atoms with Crippen LogP contribution in [0.5, 0.6) is 0 Å². The monoisotopic (exact) mass is 467 g/mol. The maximum absolute atomic E-state index is 14.1. The van der Waals surface area contributed by atoms with E-state index in [9.17, 15) is 23.8 Å². The standard InChI is InChI=1S/C27H27F2NO4/c1-18(19-7-9-20(10-8-19)24-12-11-22(28)15-25(24)29)30-14-13-27(34-26(30)33,16-23(32)17-31)21-5-3-2-4-6-21/h2-12,15,18,23,31-32H,13-14,16-17H2,1H3/t18?,23-,27-/m0/s1. The van der Waals surface area contributed by atoms with Crippen LogP contribution in [0.3, 0.4) is 0 Å². The zero-order chi connectivity index (χ0) is 24.3. The first-order valence-corrected chi connectivity index (χ1v) is 11.2. The van der Waals surface area contributed by atoms with Crippen LogP contribution in [0.1, 0.15) is 36.9 Å². The molecule has 178 valence electrons. The molecule has 4 rings (SSSR count). The summed E-state index contributed by atoms with van der Waals surface area (Å²) in [5.41, 5.74) is 1.49. The SMILES string of the molecule is CC(c1ccc(-c2ccc(F)cc2F)cc1)N1CC[C@](C[C@H](O)CO)(c2ccccc2)OC1=O. The molecule has 34 heavy (non-hydrogen) atoms. The fourth-order valence-corrected chi connectivity index (χ4v) is 4.52. The molecule has 1 aliphatic heterocycles. The molecule has 0 saturated carbocycles. The number of carbonyl (C=O) groups is 1. The van der Waals surface area contributed by atoms with Crippen LogP contribution in [0.15, 0.2) is 72.8 Å². The van der Waals surface area contributed by atoms with E-state index in [0.717, 1.165) is 17.2 Å². The quantitative estimate of drug-likeness (QED) is 0.503. The predicted molar refractivity (Wildman–Crippen MR) is 124 cm³/mol. The van der Waals surface area contributed by atoms with Crippen LogP contribution in [0, 0.1) is 11.6 Å². The second kappa shape index (κ2) is 9.91. The van der Waals surface area contributed by atoms with Crippen molar-refractivity contribution in [2.45, 2.75) is 37.5 Å². The number of nitrogens with zero attached hydrogens (tertiary/aromatic N) is 1. The molecule has 0 aromatic heterocycles. The summed E-state index contributed by atoms with van der Waals surface area (Å²) in [6, 6.07) is 19.5. The minimum absolute atomic E-state index is 0.0966. The Morgan fingerprint density at radius 1 is 1.06 bits per heavy atom. The van der Waals surface area contributed by atoms with Crippen molar-refractivity contribution >= 4 is 6.09 Å². The molecular weight excluding hydrogens is 440 g/mol. The first-order chi connectivity index (χ1) is 16.3. The number of amides is 1. The molecule has 3 aromatic carbocycles. The summed E-state index contributed by atoms with van der Waals surface area (Å²) in [4.78, 5) is 14.7. The van der Waals surface area contributed by atoms with Crippen LogP contribution in [-0.4, -0.2) is 40.5 Å². The van der Waals surface area contributed by atoms with Crippen LogP contribution in [0.25, 0.3) is 11.1 Å². The van der Waals surface area contributed by atoms with Crippen LogP contribution in [-0.2, 0) is 10.3 Å². The first kappa shape index (κ1) is 23.9. The van der Waals surface area contributed by atoms with E-state index in [4.69, 9.17) is 4.74 Å². The molecule has 3 atom stereocenters. The van der Waals surface area contributed by atoms with E-state index in [1.807, 2.05) is 49.4 Å². The van der Waals surface area contributed by atoms with Gasteiger partial charge in [0.05, 0.1) is 18.8 Å². The van der Waals surface area contributed by atoms with Crippen molar-refractivity contribution in [3.8, 4) is 11.1 Å². The average Bonchev–Trinajstić information content (AvgIpc) is 2.84. The zero-order valence-electron chi connectivity index (χ0n) is 18.8. The molecule has 1 heterocycles. The van der Waals surface area contributed by atoms with Gasteiger partial charge in [-0.15, -0.1) is 0 Å². The summed E-state index contributed by atoms with van der Waals surface area (Å²) in [5, 5.41) is 19.5. The van der Waals surface area contributed by atoms with E-state index in [-0.39, 0.29) is 12.5 Å². The molecule has 7 heteroatoms. The fraction of sp³-hybridized carbons (Fsp3) is 0.296. The summed E-state index contributed by atoms with van der Waals surface area (Å²) in [6.45, 7) is 1.85. The summed E-state index contributed by atoms with van der Waals surface area (Å²) >= 11 is 0. The van der Waals surface area contributed by atoms with Crippen molar-refractivity contribution in [2.75, 3.05) is 13.2 Å². The highest BCUT2D eigenvalue weighted by Crippen LogP contribution is 2.40. The third kappa shape index (κ3) is 4.81. The van der Waals surface area contributed by atoms with Gasteiger partial charge in [-0.05, 0) is 35.7 Å².